The molecule has 26 heavy (non-hydrogen) atoms. The van der Waals surface area contributed by atoms with E-state index in [0.717, 1.165) is 29.4 Å². The van der Waals surface area contributed by atoms with Gasteiger partial charge in [0.1, 0.15) is 5.75 Å². The van der Waals surface area contributed by atoms with E-state index in [0.29, 0.717) is 6.61 Å². The summed E-state index contributed by atoms with van der Waals surface area (Å²) in [4.78, 5) is 23.2. The van der Waals surface area contributed by atoms with E-state index in [-0.39, 0.29) is 16.2 Å². The SMILES string of the molecule is CC(=O)c1cccc(S(=O)(=O)NC(=O)/C=C/c2ccc3c(c2)CCO3)c1. The third-order valence-corrected chi connectivity index (χ3v) is 5.27. The van der Waals surface area contributed by atoms with Gasteiger partial charge in [0.25, 0.3) is 15.9 Å². The van der Waals surface area contributed by atoms with Gasteiger partial charge in [-0.25, -0.2) is 13.1 Å². The lowest BCUT2D eigenvalue weighted by molar-refractivity contribution is -0.114. The normalized spacial score (nSPS) is 13.3. The third-order valence-electron chi connectivity index (χ3n) is 3.93. The molecule has 0 bridgehead atoms. The molecule has 1 aliphatic rings. The lowest BCUT2D eigenvalue weighted by Gasteiger charge is -2.06. The molecular formula is C19H17NO5S. The van der Waals surface area contributed by atoms with Crippen molar-refractivity contribution in [1.82, 2.24) is 4.72 Å². The quantitative estimate of drug-likeness (QED) is 0.644. The Bertz CT molecular complexity index is 1010. The summed E-state index contributed by atoms with van der Waals surface area (Å²) in [6.07, 6.45) is 3.50. The van der Waals surface area contributed by atoms with Gasteiger partial charge in [-0.1, -0.05) is 18.2 Å². The molecule has 134 valence electrons. The van der Waals surface area contributed by atoms with Gasteiger partial charge in [-0.2, -0.15) is 0 Å². The van der Waals surface area contributed by atoms with Crippen molar-refractivity contribution in [2.45, 2.75) is 18.2 Å². The average Bonchev–Trinajstić information content (AvgIpc) is 3.07. The number of sulfonamides is 1. The first-order valence-electron chi connectivity index (χ1n) is 7.97. The molecule has 7 heteroatoms. The maximum Gasteiger partial charge on any atom is 0.264 e. The van der Waals surface area contributed by atoms with Gasteiger partial charge in [0.05, 0.1) is 11.5 Å². The topological polar surface area (TPSA) is 89.5 Å². The number of amides is 1. The summed E-state index contributed by atoms with van der Waals surface area (Å²) in [5.74, 6) is -0.191. The molecular weight excluding hydrogens is 354 g/mol. The van der Waals surface area contributed by atoms with E-state index < -0.39 is 15.9 Å². The number of Topliss-reactive ketones (excluding diaryl/α,β-unsaturated/α-hetero) is 1. The second-order valence-electron chi connectivity index (χ2n) is 5.85. The van der Waals surface area contributed by atoms with Gasteiger partial charge in [-0.15, -0.1) is 0 Å². The zero-order valence-corrected chi connectivity index (χ0v) is 14.9. The zero-order valence-electron chi connectivity index (χ0n) is 14.1. The van der Waals surface area contributed by atoms with Gasteiger partial charge in [-0.05, 0) is 48.4 Å². The highest BCUT2D eigenvalue weighted by Crippen LogP contribution is 2.26. The van der Waals surface area contributed by atoms with Crippen LogP contribution in [0.1, 0.15) is 28.4 Å². The summed E-state index contributed by atoms with van der Waals surface area (Å²) < 4.78 is 32.0. The highest BCUT2D eigenvalue weighted by Gasteiger charge is 2.17. The van der Waals surface area contributed by atoms with E-state index in [4.69, 9.17) is 4.74 Å². The molecule has 1 N–H and O–H groups in total. The summed E-state index contributed by atoms with van der Waals surface area (Å²) >= 11 is 0. The fourth-order valence-electron chi connectivity index (χ4n) is 2.59. The maximum atomic E-state index is 12.3. The van der Waals surface area contributed by atoms with Crippen LogP contribution in [0.5, 0.6) is 5.75 Å². The van der Waals surface area contributed by atoms with Crippen LogP contribution in [0.25, 0.3) is 6.08 Å². The molecule has 1 aliphatic heterocycles. The standard InChI is InChI=1S/C19H17NO5S/c1-13(21)15-3-2-4-17(12-15)26(23,24)20-19(22)8-6-14-5-7-18-16(11-14)9-10-25-18/h2-8,11-12H,9-10H2,1H3,(H,20,22)/b8-6+. The number of hydrogen-bond acceptors (Lipinski definition) is 5. The Morgan fingerprint density at radius 3 is 2.73 bits per heavy atom. The average molecular weight is 371 g/mol. The van der Waals surface area contributed by atoms with E-state index >= 15 is 0 Å². The largest absolute Gasteiger partial charge is 0.493 e. The Kier molecular flexibility index (Phi) is 4.90. The van der Waals surface area contributed by atoms with E-state index in [1.165, 1.54) is 37.3 Å². The molecule has 0 saturated carbocycles. The lowest BCUT2D eigenvalue weighted by atomic mass is 10.1. The highest BCUT2D eigenvalue weighted by molar-refractivity contribution is 7.90. The molecule has 0 aromatic heterocycles. The summed E-state index contributed by atoms with van der Waals surface area (Å²) in [7, 11) is -4.05. The number of nitrogens with one attached hydrogen (secondary N) is 1. The molecule has 3 rings (SSSR count). The molecule has 0 fully saturated rings. The molecule has 1 heterocycles. The van der Waals surface area contributed by atoms with Crippen molar-refractivity contribution in [3.05, 3.63) is 65.2 Å². The number of hydrogen-bond donors (Lipinski definition) is 1. The second kappa shape index (κ2) is 7.13. The van der Waals surface area contributed by atoms with E-state index in [1.54, 1.807) is 6.07 Å². The molecule has 0 aliphatic carbocycles. The molecule has 2 aromatic rings. The zero-order chi connectivity index (χ0) is 18.7. The van der Waals surface area contributed by atoms with Gasteiger partial charge in [0.15, 0.2) is 5.78 Å². The minimum atomic E-state index is -4.05. The maximum absolute atomic E-state index is 12.3. The van der Waals surface area contributed by atoms with E-state index in [9.17, 15) is 18.0 Å². The van der Waals surface area contributed by atoms with Crippen LogP contribution in [0.3, 0.4) is 0 Å². The van der Waals surface area contributed by atoms with E-state index in [2.05, 4.69) is 0 Å². The van der Waals surface area contributed by atoms with Gasteiger partial charge < -0.3 is 4.74 Å². The van der Waals surface area contributed by atoms with Crippen LogP contribution >= 0.6 is 0 Å². The lowest BCUT2D eigenvalue weighted by Crippen LogP contribution is -2.29. The number of carbonyl (C=O) groups is 2. The minimum absolute atomic E-state index is 0.137. The van der Waals surface area contributed by atoms with Crippen molar-refractivity contribution >= 4 is 27.8 Å². The van der Waals surface area contributed by atoms with Gasteiger partial charge in [0, 0.05) is 18.1 Å². The third kappa shape index (κ3) is 4.00. The van der Waals surface area contributed by atoms with Crippen LogP contribution in [0, 0.1) is 0 Å². The van der Waals surface area contributed by atoms with Crippen molar-refractivity contribution in [2.24, 2.45) is 0 Å². The number of carbonyl (C=O) groups excluding carboxylic acids is 2. The summed E-state index contributed by atoms with van der Waals surface area (Å²) in [6.45, 7) is 1.98. The fourth-order valence-corrected chi connectivity index (χ4v) is 3.58. The summed E-state index contributed by atoms with van der Waals surface area (Å²) in [5, 5.41) is 0. The van der Waals surface area contributed by atoms with Crippen LogP contribution in [0.2, 0.25) is 0 Å². The number of rotatable bonds is 5. The Balaban J connectivity index is 1.72. The van der Waals surface area contributed by atoms with Crippen LogP contribution in [-0.2, 0) is 21.2 Å². The molecule has 6 nitrogen and oxygen atoms in total. The van der Waals surface area contributed by atoms with Crippen molar-refractivity contribution in [1.29, 1.82) is 0 Å². The Morgan fingerprint density at radius 1 is 1.15 bits per heavy atom. The highest BCUT2D eigenvalue weighted by atomic mass is 32.2. The molecule has 0 atom stereocenters. The predicted molar refractivity (Wildman–Crippen MR) is 96.5 cm³/mol. The van der Waals surface area contributed by atoms with Gasteiger partial charge in [-0.3, -0.25) is 9.59 Å². The van der Waals surface area contributed by atoms with Crippen LogP contribution < -0.4 is 9.46 Å². The van der Waals surface area contributed by atoms with Crippen LogP contribution in [0.15, 0.2) is 53.4 Å². The van der Waals surface area contributed by atoms with Gasteiger partial charge >= 0.3 is 0 Å². The number of ether oxygens (including phenoxy) is 1. The number of ketones is 1. The van der Waals surface area contributed by atoms with Crippen LogP contribution in [-0.4, -0.2) is 26.7 Å². The summed E-state index contributed by atoms with van der Waals surface area (Å²) in [6, 6.07) is 11.0. The fraction of sp³-hybridized carbons (Fsp3) is 0.158. The molecule has 0 unspecified atom stereocenters. The van der Waals surface area contributed by atoms with Crippen molar-refractivity contribution in [3.8, 4) is 5.75 Å². The minimum Gasteiger partial charge on any atom is -0.493 e. The van der Waals surface area contributed by atoms with Crippen molar-refractivity contribution in [3.63, 3.8) is 0 Å². The predicted octanol–water partition coefficient (Wildman–Crippen LogP) is 2.34. The van der Waals surface area contributed by atoms with E-state index in [1.807, 2.05) is 16.9 Å². The number of benzene rings is 2. The first-order valence-corrected chi connectivity index (χ1v) is 9.45. The van der Waals surface area contributed by atoms with Crippen LogP contribution in [0.4, 0.5) is 0 Å². The molecule has 0 saturated heterocycles. The number of fused-ring (bicyclic) bond motifs is 1. The smallest absolute Gasteiger partial charge is 0.264 e. The monoisotopic (exact) mass is 371 g/mol. The Labute approximate surface area is 151 Å². The molecule has 1 amide bonds. The molecule has 0 radical (unpaired) electrons. The van der Waals surface area contributed by atoms with Gasteiger partial charge in [0.2, 0.25) is 0 Å². The first kappa shape index (κ1) is 17.9. The Morgan fingerprint density at radius 2 is 1.96 bits per heavy atom. The molecule has 2 aromatic carbocycles. The Hall–Kier alpha value is -2.93. The first-order chi connectivity index (χ1) is 12.3. The van der Waals surface area contributed by atoms with Crippen molar-refractivity contribution in [2.75, 3.05) is 6.61 Å². The second-order valence-corrected chi connectivity index (χ2v) is 7.54. The molecule has 0 spiro atoms. The summed E-state index contributed by atoms with van der Waals surface area (Å²) in [5.41, 5.74) is 2.10. The van der Waals surface area contributed by atoms with Crippen molar-refractivity contribution < 1.29 is 22.7 Å².